The van der Waals surface area contributed by atoms with Crippen LogP contribution in [0.4, 0.5) is 5.69 Å². The molecular weight excluding hydrogens is 407 g/mol. The van der Waals surface area contributed by atoms with Crippen LogP contribution in [0, 0.1) is 6.92 Å². The van der Waals surface area contributed by atoms with Gasteiger partial charge in [-0.3, -0.25) is 4.79 Å². The summed E-state index contributed by atoms with van der Waals surface area (Å²) < 4.78 is 27.5. The molecule has 5 nitrogen and oxygen atoms in total. The molecule has 0 saturated carbocycles. The van der Waals surface area contributed by atoms with Crippen LogP contribution in [0.3, 0.4) is 0 Å². The number of rotatable bonds is 6. The standard InChI is InChI=1S/C19H22Cl2N2O3S/c1-11(2)15-7-5-6-12(3)18(15)22-19(24)13(4)23-27(25,26)17-10-14(20)8-9-16(17)21/h5-11,13,23H,1-4H3,(H,22,24). The Morgan fingerprint density at radius 2 is 1.74 bits per heavy atom. The molecule has 0 aromatic heterocycles. The average molecular weight is 429 g/mol. The number of nitrogens with one attached hydrogen (secondary N) is 2. The van der Waals surface area contributed by atoms with E-state index in [1.165, 1.54) is 25.1 Å². The molecule has 146 valence electrons. The maximum absolute atomic E-state index is 12.6. The summed E-state index contributed by atoms with van der Waals surface area (Å²) in [5, 5.41) is 3.10. The maximum atomic E-state index is 12.6. The molecule has 0 radical (unpaired) electrons. The molecule has 8 heteroatoms. The third kappa shape index (κ3) is 5.23. The van der Waals surface area contributed by atoms with E-state index in [-0.39, 0.29) is 20.9 Å². The minimum Gasteiger partial charge on any atom is -0.324 e. The van der Waals surface area contributed by atoms with E-state index in [2.05, 4.69) is 10.0 Å². The van der Waals surface area contributed by atoms with Gasteiger partial charge in [0.25, 0.3) is 0 Å². The lowest BCUT2D eigenvalue weighted by atomic mass is 9.98. The summed E-state index contributed by atoms with van der Waals surface area (Å²) in [7, 11) is -4.01. The van der Waals surface area contributed by atoms with E-state index >= 15 is 0 Å². The molecule has 0 bridgehead atoms. The molecule has 2 aromatic carbocycles. The molecular formula is C19H22Cl2N2O3S. The number of sulfonamides is 1. The number of halogens is 2. The van der Waals surface area contributed by atoms with Crippen molar-refractivity contribution < 1.29 is 13.2 Å². The maximum Gasteiger partial charge on any atom is 0.242 e. The fourth-order valence-electron chi connectivity index (χ4n) is 2.61. The highest BCUT2D eigenvalue weighted by Crippen LogP contribution is 2.28. The topological polar surface area (TPSA) is 75.3 Å². The van der Waals surface area contributed by atoms with E-state index in [4.69, 9.17) is 23.2 Å². The number of hydrogen-bond acceptors (Lipinski definition) is 3. The predicted molar refractivity (Wildman–Crippen MR) is 110 cm³/mol. The van der Waals surface area contributed by atoms with E-state index in [0.717, 1.165) is 11.1 Å². The molecule has 1 amide bonds. The number of aryl methyl sites for hydroxylation is 1. The van der Waals surface area contributed by atoms with Crippen molar-refractivity contribution in [1.29, 1.82) is 0 Å². The Kier molecular flexibility index (Phi) is 6.92. The highest BCUT2D eigenvalue weighted by atomic mass is 35.5. The molecule has 1 atom stereocenters. The van der Waals surface area contributed by atoms with Crippen LogP contribution < -0.4 is 10.0 Å². The van der Waals surface area contributed by atoms with Crippen LogP contribution in [0.5, 0.6) is 0 Å². The molecule has 1 unspecified atom stereocenters. The minimum absolute atomic E-state index is 0.0282. The van der Waals surface area contributed by atoms with Crippen molar-refractivity contribution in [3.8, 4) is 0 Å². The Hall–Kier alpha value is -1.60. The van der Waals surface area contributed by atoms with E-state index in [0.29, 0.717) is 5.69 Å². The number of carbonyl (C=O) groups is 1. The van der Waals surface area contributed by atoms with Gasteiger partial charge < -0.3 is 5.32 Å². The highest BCUT2D eigenvalue weighted by molar-refractivity contribution is 7.89. The first-order valence-corrected chi connectivity index (χ1v) is 10.6. The van der Waals surface area contributed by atoms with Gasteiger partial charge in [-0.25, -0.2) is 8.42 Å². The summed E-state index contributed by atoms with van der Waals surface area (Å²) in [6, 6.07) is 8.87. The Bertz CT molecular complexity index is 959. The van der Waals surface area contributed by atoms with E-state index in [1.54, 1.807) is 0 Å². The number of para-hydroxylation sites is 1. The van der Waals surface area contributed by atoms with E-state index in [1.807, 2.05) is 39.0 Å². The number of benzene rings is 2. The quantitative estimate of drug-likeness (QED) is 0.697. The zero-order valence-electron chi connectivity index (χ0n) is 15.5. The van der Waals surface area contributed by atoms with Gasteiger partial charge in [0.1, 0.15) is 4.90 Å². The SMILES string of the molecule is Cc1cccc(C(C)C)c1NC(=O)C(C)NS(=O)(=O)c1cc(Cl)ccc1Cl. The molecule has 0 aliphatic heterocycles. The first-order chi connectivity index (χ1) is 12.5. The van der Waals surface area contributed by atoms with Gasteiger partial charge in [-0.1, -0.05) is 55.2 Å². The lowest BCUT2D eigenvalue weighted by Crippen LogP contribution is -2.41. The molecule has 27 heavy (non-hydrogen) atoms. The molecule has 0 heterocycles. The monoisotopic (exact) mass is 428 g/mol. The van der Waals surface area contributed by atoms with Gasteiger partial charge in [0, 0.05) is 10.7 Å². The Balaban J connectivity index is 2.23. The van der Waals surface area contributed by atoms with Crippen LogP contribution in [0.2, 0.25) is 10.0 Å². The Morgan fingerprint density at radius 1 is 1.07 bits per heavy atom. The molecule has 0 fully saturated rings. The van der Waals surface area contributed by atoms with Crippen molar-refractivity contribution >= 4 is 44.8 Å². The van der Waals surface area contributed by atoms with Gasteiger partial charge in [-0.05, 0) is 49.1 Å². The zero-order valence-corrected chi connectivity index (χ0v) is 17.8. The second-order valence-corrected chi connectivity index (χ2v) is 9.13. The second-order valence-electron chi connectivity index (χ2n) is 6.60. The Labute approximate surface area is 170 Å². The van der Waals surface area contributed by atoms with Gasteiger partial charge in [0.05, 0.1) is 11.1 Å². The normalized spacial score (nSPS) is 12.9. The van der Waals surface area contributed by atoms with Crippen LogP contribution >= 0.6 is 23.2 Å². The van der Waals surface area contributed by atoms with Crippen molar-refractivity contribution in [2.24, 2.45) is 0 Å². The van der Waals surface area contributed by atoms with Gasteiger partial charge in [-0.2, -0.15) is 4.72 Å². The molecule has 0 aliphatic carbocycles. The van der Waals surface area contributed by atoms with E-state index < -0.39 is 22.0 Å². The molecule has 0 spiro atoms. The van der Waals surface area contributed by atoms with Crippen LogP contribution in [-0.4, -0.2) is 20.4 Å². The molecule has 0 saturated heterocycles. The lowest BCUT2D eigenvalue weighted by Gasteiger charge is -2.19. The molecule has 0 aliphatic rings. The van der Waals surface area contributed by atoms with E-state index in [9.17, 15) is 13.2 Å². The lowest BCUT2D eigenvalue weighted by molar-refractivity contribution is -0.117. The van der Waals surface area contributed by atoms with Crippen LogP contribution in [-0.2, 0) is 14.8 Å². The summed E-state index contributed by atoms with van der Waals surface area (Å²) in [5.41, 5.74) is 2.59. The van der Waals surface area contributed by atoms with Crippen LogP contribution in [0.25, 0.3) is 0 Å². The minimum atomic E-state index is -4.01. The van der Waals surface area contributed by atoms with Crippen molar-refractivity contribution in [1.82, 2.24) is 4.72 Å². The molecule has 2 N–H and O–H groups in total. The summed E-state index contributed by atoms with van der Waals surface area (Å²) in [4.78, 5) is 12.4. The largest absolute Gasteiger partial charge is 0.324 e. The van der Waals surface area contributed by atoms with Crippen molar-refractivity contribution in [3.63, 3.8) is 0 Å². The third-order valence-corrected chi connectivity index (χ3v) is 6.34. The van der Waals surface area contributed by atoms with Gasteiger partial charge in [-0.15, -0.1) is 0 Å². The highest BCUT2D eigenvalue weighted by Gasteiger charge is 2.25. The molecule has 2 aromatic rings. The summed E-state index contributed by atoms with van der Waals surface area (Å²) in [6.45, 7) is 7.41. The average Bonchev–Trinajstić information content (AvgIpc) is 2.57. The summed E-state index contributed by atoms with van der Waals surface area (Å²) in [6.07, 6.45) is 0. The fourth-order valence-corrected chi connectivity index (χ4v) is 4.57. The van der Waals surface area contributed by atoms with Crippen LogP contribution in [0.1, 0.15) is 37.8 Å². The second kappa shape index (κ2) is 8.61. The smallest absolute Gasteiger partial charge is 0.242 e. The Morgan fingerprint density at radius 3 is 2.37 bits per heavy atom. The van der Waals surface area contributed by atoms with Gasteiger partial charge >= 0.3 is 0 Å². The number of amides is 1. The summed E-state index contributed by atoms with van der Waals surface area (Å²) in [5.74, 6) is -0.259. The molecule has 2 rings (SSSR count). The van der Waals surface area contributed by atoms with Gasteiger partial charge in [0.2, 0.25) is 15.9 Å². The number of anilines is 1. The van der Waals surface area contributed by atoms with Crippen molar-refractivity contribution in [3.05, 3.63) is 57.6 Å². The first-order valence-electron chi connectivity index (χ1n) is 8.40. The number of hydrogen-bond donors (Lipinski definition) is 2. The van der Waals surface area contributed by atoms with Crippen molar-refractivity contribution in [2.75, 3.05) is 5.32 Å². The van der Waals surface area contributed by atoms with Gasteiger partial charge in [0.15, 0.2) is 0 Å². The van der Waals surface area contributed by atoms with Crippen LogP contribution in [0.15, 0.2) is 41.3 Å². The fraction of sp³-hybridized carbons (Fsp3) is 0.316. The predicted octanol–water partition coefficient (Wildman–Crippen LogP) is 4.73. The van der Waals surface area contributed by atoms with Crippen molar-refractivity contribution in [2.45, 2.75) is 44.6 Å². The number of carbonyl (C=O) groups excluding carboxylic acids is 1. The summed E-state index contributed by atoms with van der Waals surface area (Å²) >= 11 is 11.8. The third-order valence-electron chi connectivity index (χ3n) is 4.08. The zero-order chi connectivity index (χ0) is 20.4. The first kappa shape index (κ1) is 21.7.